The Morgan fingerprint density at radius 3 is 0.989 bits per heavy atom. The van der Waals surface area contributed by atoms with Gasteiger partial charge in [0.15, 0.2) is 0 Å². The molecule has 92 heavy (non-hydrogen) atoms. The number of hydrazone groups is 2. The topological polar surface area (TPSA) is 137 Å². The van der Waals surface area contributed by atoms with Crippen molar-refractivity contribution in [1.82, 2.24) is 10.0 Å². The first kappa shape index (κ1) is 59.0. The van der Waals surface area contributed by atoms with Crippen LogP contribution in [0.5, 0.6) is 34.5 Å². The van der Waals surface area contributed by atoms with Crippen LogP contribution in [0.25, 0.3) is 32.7 Å². The van der Waals surface area contributed by atoms with E-state index in [0.29, 0.717) is 67.2 Å². The summed E-state index contributed by atoms with van der Waals surface area (Å²) in [7, 11) is 0. The first-order chi connectivity index (χ1) is 44.9. The van der Waals surface area contributed by atoms with Crippen molar-refractivity contribution in [3.63, 3.8) is 0 Å². The molecule has 0 radical (unpaired) electrons. The summed E-state index contributed by atoms with van der Waals surface area (Å²) in [5, 5.41) is 42.9. The quantitative estimate of drug-likeness (QED) is 0.0848. The fourth-order valence-electron chi connectivity index (χ4n) is 15.0. The number of hydrogen-bond acceptors (Lipinski definition) is 12. The van der Waals surface area contributed by atoms with Gasteiger partial charge in [-0.15, -0.1) is 0 Å². The summed E-state index contributed by atoms with van der Waals surface area (Å²) in [4.78, 5) is 40.0. The van der Waals surface area contributed by atoms with E-state index in [-0.39, 0.29) is 23.3 Å². The van der Waals surface area contributed by atoms with Gasteiger partial charge in [0.1, 0.15) is 45.6 Å². The average molecular weight is 1220 g/mol. The number of rotatable bonds is 17. The number of ether oxygens (including phenoxy) is 2. The number of nitrogens with zero attached hydrogens (tertiary/aromatic N) is 8. The summed E-state index contributed by atoms with van der Waals surface area (Å²) in [5.41, 5.74) is 8.11. The van der Waals surface area contributed by atoms with Crippen molar-refractivity contribution in [2.45, 2.75) is 66.5 Å². The molecule has 4 aliphatic heterocycles. The number of phenolic OH excluding ortho intramolecular Hbond substituents is 2. The molecule has 0 unspecified atom stereocenters. The summed E-state index contributed by atoms with van der Waals surface area (Å²) >= 11 is 0. The highest BCUT2D eigenvalue weighted by molar-refractivity contribution is 6.15. The lowest BCUT2D eigenvalue weighted by Crippen LogP contribution is -2.44. The van der Waals surface area contributed by atoms with E-state index in [1.54, 1.807) is 22.4 Å². The minimum absolute atomic E-state index is 0.173. The van der Waals surface area contributed by atoms with Crippen molar-refractivity contribution in [2.24, 2.45) is 10.2 Å². The van der Waals surface area contributed by atoms with E-state index in [9.17, 15) is 10.2 Å². The molecule has 4 aliphatic rings. The second-order valence-electron chi connectivity index (χ2n) is 23.7. The Kier molecular flexibility index (Phi) is 15.0. The maximum atomic E-state index is 15.5. The first-order valence-electron chi connectivity index (χ1n) is 32.3. The zero-order chi connectivity index (χ0) is 63.7. The number of carbonyl (C=O) groups excluding carboxylic acids is 2. The summed E-state index contributed by atoms with van der Waals surface area (Å²) in [6, 6.07) is 59.3. The minimum atomic E-state index is -1.30. The number of carbonyl (C=O) groups is 2. The van der Waals surface area contributed by atoms with E-state index < -0.39 is 11.1 Å². The van der Waals surface area contributed by atoms with Crippen LogP contribution in [0.4, 0.5) is 22.7 Å². The fourth-order valence-corrected chi connectivity index (χ4v) is 15.0. The van der Waals surface area contributed by atoms with Crippen molar-refractivity contribution in [1.29, 1.82) is 0 Å². The maximum absolute atomic E-state index is 15.5. The highest BCUT2D eigenvalue weighted by atomic mass is 16.5. The number of phenols is 2. The van der Waals surface area contributed by atoms with Gasteiger partial charge in [-0.25, -0.2) is 10.0 Å². The third-order valence-corrected chi connectivity index (χ3v) is 19.5. The average Bonchev–Trinajstić information content (AvgIpc) is 1.41. The van der Waals surface area contributed by atoms with Crippen LogP contribution >= 0.6 is 0 Å². The molecule has 10 aromatic carbocycles. The van der Waals surface area contributed by atoms with Gasteiger partial charge < -0.3 is 39.3 Å². The Balaban J connectivity index is 0.942. The Morgan fingerprint density at radius 2 is 0.674 bits per heavy atom. The largest absolute Gasteiger partial charge is 0.507 e. The number of anilines is 4. The molecular formula is C78H74N8O6. The summed E-state index contributed by atoms with van der Waals surface area (Å²) in [6.07, 6.45) is 3.11. The Labute approximate surface area is 537 Å². The lowest BCUT2D eigenvalue weighted by atomic mass is 9.75. The predicted molar refractivity (Wildman–Crippen MR) is 371 cm³/mol. The molecule has 14 rings (SSSR count). The van der Waals surface area contributed by atoms with E-state index in [1.807, 2.05) is 109 Å². The Bertz CT molecular complexity index is 4260. The van der Waals surface area contributed by atoms with Gasteiger partial charge >= 0.3 is 0 Å². The van der Waals surface area contributed by atoms with Crippen molar-refractivity contribution >= 4 is 68.5 Å². The predicted octanol–water partition coefficient (Wildman–Crippen LogP) is 16.2. The number of benzene rings is 10. The highest BCUT2D eigenvalue weighted by Gasteiger charge is 2.59. The zero-order valence-electron chi connectivity index (χ0n) is 53.2. The van der Waals surface area contributed by atoms with Gasteiger partial charge in [-0.05, 0) is 125 Å². The van der Waals surface area contributed by atoms with Crippen LogP contribution in [0, 0.1) is 0 Å². The third-order valence-electron chi connectivity index (χ3n) is 19.5. The lowest BCUT2D eigenvalue weighted by molar-refractivity contribution is 0.0667. The molecule has 14 nitrogen and oxygen atoms in total. The normalized spacial score (nSPS) is 14.6. The molecular weight excluding hydrogens is 1140 g/mol. The number of aromatic hydroxyl groups is 2. The van der Waals surface area contributed by atoms with Crippen molar-refractivity contribution in [2.75, 3.05) is 72.0 Å². The second kappa shape index (κ2) is 23.3. The van der Waals surface area contributed by atoms with Crippen LogP contribution in [0.2, 0.25) is 0 Å². The van der Waals surface area contributed by atoms with Crippen LogP contribution in [0.1, 0.15) is 121 Å². The number of hydrogen-bond donors (Lipinski definition) is 2. The third kappa shape index (κ3) is 8.81. The van der Waals surface area contributed by atoms with Gasteiger partial charge in [0, 0.05) is 166 Å². The molecule has 0 aliphatic carbocycles. The van der Waals surface area contributed by atoms with Gasteiger partial charge in [-0.1, -0.05) is 109 Å². The zero-order valence-corrected chi connectivity index (χ0v) is 53.2. The molecule has 2 spiro atoms. The van der Waals surface area contributed by atoms with Crippen LogP contribution in [-0.2, 0) is 11.1 Å². The van der Waals surface area contributed by atoms with E-state index in [1.165, 1.54) is 0 Å². The highest BCUT2D eigenvalue weighted by Crippen LogP contribution is 2.61. The van der Waals surface area contributed by atoms with Gasteiger partial charge in [-0.2, -0.15) is 10.2 Å². The molecule has 0 fully saturated rings. The first-order valence-corrected chi connectivity index (χ1v) is 32.3. The molecule has 10 aromatic rings. The van der Waals surface area contributed by atoms with Crippen molar-refractivity contribution < 1.29 is 29.3 Å². The molecule has 0 saturated carbocycles. The van der Waals surface area contributed by atoms with E-state index in [2.05, 4.69) is 148 Å². The minimum Gasteiger partial charge on any atom is -0.507 e. The fraction of sp³-hybridized carbons (Fsp3) is 0.231. The number of amides is 2. The molecule has 0 saturated heterocycles. The van der Waals surface area contributed by atoms with Crippen LogP contribution in [0.3, 0.4) is 0 Å². The van der Waals surface area contributed by atoms with Crippen molar-refractivity contribution in [3.05, 3.63) is 238 Å². The second-order valence-corrected chi connectivity index (χ2v) is 23.7. The molecule has 462 valence electrons. The molecule has 14 heteroatoms. The van der Waals surface area contributed by atoms with Crippen molar-refractivity contribution in [3.8, 4) is 45.6 Å². The maximum Gasteiger partial charge on any atom is 0.275 e. The van der Waals surface area contributed by atoms with Crippen LogP contribution in [-0.4, -0.2) is 96.8 Å². The van der Waals surface area contributed by atoms with E-state index in [0.717, 1.165) is 119 Å². The van der Waals surface area contributed by atoms with Crippen LogP contribution in [0.15, 0.2) is 192 Å². The smallest absolute Gasteiger partial charge is 0.275 e. The molecule has 0 atom stereocenters. The van der Waals surface area contributed by atoms with Gasteiger partial charge in [0.05, 0.1) is 12.4 Å². The van der Waals surface area contributed by atoms with Gasteiger partial charge in [0.25, 0.3) is 11.8 Å². The SMILES string of the molecule is CCN(CC)c1ccc2c(c1)Oc1cc(N(CC)CC)ccc1C21c2ccccc2C(=O)N1/N=C/c1cc2ccccc2c(-c2c(O)c(/C=N/N3C(=O)c4ccccc4C34c3ccc(N(CC)CC)cc3Oc3cc(N(CC)CC)ccc34)cc3ccccc23)c1O. The Hall–Kier alpha value is -10.6. The lowest BCUT2D eigenvalue weighted by Gasteiger charge is -2.42. The standard InChI is InChI=1S/C78H74N8O6/c1-9-81(10-2)53-33-37-63-67(43-53)91-68-44-54(82(11-3)12-4)34-38-64(68)77(63)61-31-23-21-29-59(61)75(89)85(77)79-47-51-41-49-25-17-19-27-57(49)71(73(51)87)72-58-28-20-18-26-50(58)42-52(74(72)88)48-80-86-76(90)60-30-22-24-32-62(60)78(86)65-39-35-55(83(13-5)14-6)45-69(65)92-70-46-56(36-40-66(70)78)84(15-7)16-8/h17-48,87-88H,9-16H2,1-8H3/b79-47+,80-48+. The summed E-state index contributed by atoms with van der Waals surface area (Å²) in [6.45, 7) is 23.3. The molecule has 0 aromatic heterocycles. The number of fused-ring (bicyclic) bond motifs is 14. The summed E-state index contributed by atoms with van der Waals surface area (Å²) < 4.78 is 14.0. The summed E-state index contributed by atoms with van der Waals surface area (Å²) in [5.74, 6) is 1.43. The van der Waals surface area contributed by atoms with Gasteiger partial charge in [0.2, 0.25) is 0 Å². The van der Waals surface area contributed by atoms with E-state index in [4.69, 9.17) is 19.7 Å². The van der Waals surface area contributed by atoms with Gasteiger partial charge in [-0.3, -0.25) is 9.59 Å². The monoisotopic (exact) mass is 1220 g/mol. The molecule has 2 amide bonds. The Morgan fingerprint density at radius 1 is 0.380 bits per heavy atom. The molecule has 0 bridgehead atoms. The molecule has 2 N–H and O–H groups in total. The van der Waals surface area contributed by atoms with Crippen LogP contribution < -0.4 is 29.1 Å². The molecule has 4 heterocycles. The van der Waals surface area contributed by atoms with E-state index >= 15 is 9.59 Å².